The third-order valence-electron chi connectivity index (χ3n) is 2.78. The lowest BCUT2D eigenvalue weighted by atomic mass is 10.1. The molecule has 0 atom stereocenters. The number of oxazole rings is 1. The van der Waals surface area contributed by atoms with Gasteiger partial charge in [-0.2, -0.15) is 0 Å². The van der Waals surface area contributed by atoms with Crippen LogP contribution in [0.2, 0.25) is 0 Å². The molecule has 0 unspecified atom stereocenters. The zero-order chi connectivity index (χ0) is 13.9. The van der Waals surface area contributed by atoms with Crippen LogP contribution in [-0.4, -0.2) is 16.8 Å². The number of thioether (sulfide) groups is 1. The molecule has 0 saturated heterocycles. The van der Waals surface area contributed by atoms with E-state index in [4.69, 9.17) is 4.42 Å². The molecule has 0 fully saturated rings. The van der Waals surface area contributed by atoms with Gasteiger partial charge in [0.05, 0.1) is 0 Å². The smallest absolute Gasteiger partial charge is 0.181 e. The molecule has 0 aliphatic rings. The zero-order valence-corrected chi connectivity index (χ0v) is 12.7. The summed E-state index contributed by atoms with van der Waals surface area (Å²) in [5.41, 5.74) is 2.09. The maximum Gasteiger partial charge on any atom is 0.181 e. The molecule has 0 saturated carbocycles. The van der Waals surface area contributed by atoms with Crippen molar-refractivity contribution >= 4 is 11.8 Å². The Bertz CT molecular complexity index is 526. The van der Waals surface area contributed by atoms with E-state index >= 15 is 0 Å². The van der Waals surface area contributed by atoms with Crippen molar-refractivity contribution in [3.63, 3.8) is 0 Å². The van der Waals surface area contributed by atoms with E-state index in [1.807, 2.05) is 0 Å². The lowest BCUT2D eigenvalue weighted by Gasteiger charge is -2.19. The highest BCUT2D eigenvalue weighted by Gasteiger charge is 2.14. The predicted molar refractivity (Wildman–Crippen MR) is 80.3 cm³/mol. The Kier molecular flexibility index (Phi) is 4.32. The van der Waals surface area contributed by atoms with Gasteiger partial charge >= 0.3 is 0 Å². The van der Waals surface area contributed by atoms with Crippen LogP contribution in [0.15, 0.2) is 40.0 Å². The van der Waals surface area contributed by atoms with Crippen LogP contribution in [0, 0.1) is 0 Å². The van der Waals surface area contributed by atoms with Crippen molar-refractivity contribution in [2.75, 3.05) is 6.26 Å². The minimum atomic E-state index is 0.0684. The number of aromatic nitrogens is 1. The highest BCUT2D eigenvalue weighted by atomic mass is 32.2. The number of nitrogens with one attached hydrogen (secondary N) is 1. The van der Waals surface area contributed by atoms with Gasteiger partial charge in [-0.25, -0.2) is 4.98 Å². The molecule has 2 rings (SSSR count). The summed E-state index contributed by atoms with van der Waals surface area (Å²) in [6, 6.07) is 8.35. The number of nitrogens with zero attached hydrogens (tertiary/aromatic N) is 1. The normalized spacial score (nSPS) is 11.8. The molecule has 0 aliphatic carbocycles. The minimum Gasteiger partial charge on any atom is -0.443 e. The maximum absolute atomic E-state index is 5.53. The monoisotopic (exact) mass is 276 g/mol. The molecule has 1 N–H and O–H groups in total. The Morgan fingerprint density at radius 1 is 1.21 bits per heavy atom. The summed E-state index contributed by atoms with van der Waals surface area (Å²) >= 11 is 1.73. The van der Waals surface area contributed by atoms with Gasteiger partial charge in [0.1, 0.15) is 5.69 Å². The second-order valence-corrected chi connectivity index (χ2v) is 6.34. The third kappa shape index (κ3) is 3.85. The van der Waals surface area contributed by atoms with E-state index in [9.17, 15) is 0 Å². The molecule has 2 aromatic rings. The summed E-state index contributed by atoms with van der Waals surface area (Å²) in [5.74, 6) is 0.851. The van der Waals surface area contributed by atoms with Gasteiger partial charge in [0, 0.05) is 22.5 Å². The van der Waals surface area contributed by atoms with Crippen LogP contribution in [-0.2, 0) is 6.54 Å². The van der Waals surface area contributed by atoms with Crippen LogP contribution in [0.1, 0.15) is 26.5 Å². The first-order valence-corrected chi connectivity index (χ1v) is 7.54. The summed E-state index contributed by atoms with van der Waals surface area (Å²) in [5, 5.41) is 3.43. The fraction of sp³-hybridized carbons (Fsp3) is 0.400. The van der Waals surface area contributed by atoms with Gasteiger partial charge in [-0.05, 0) is 39.2 Å². The second-order valence-electron chi connectivity index (χ2n) is 5.46. The summed E-state index contributed by atoms with van der Waals surface area (Å²) in [7, 11) is 0. The van der Waals surface area contributed by atoms with Crippen molar-refractivity contribution in [3.05, 3.63) is 36.4 Å². The molecule has 0 radical (unpaired) electrons. The largest absolute Gasteiger partial charge is 0.443 e. The van der Waals surface area contributed by atoms with Crippen LogP contribution >= 0.6 is 11.8 Å². The van der Waals surface area contributed by atoms with Gasteiger partial charge in [-0.1, -0.05) is 12.1 Å². The average Bonchev–Trinajstić information content (AvgIpc) is 2.84. The van der Waals surface area contributed by atoms with Crippen molar-refractivity contribution in [2.45, 2.75) is 37.8 Å². The SMILES string of the molecule is CSc1ccc(-c2ocnc2CNC(C)(C)C)cc1. The van der Waals surface area contributed by atoms with Crippen molar-refractivity contribution < 1.29 is 4.42 Å². The van der Waals surface area contributed by atoms with Crippen LogP contribution in [0.4, 0.5) is 0 Å². The summed E-state index contributed by atoms with van der Waals surface area (Å²) in [6.45, 7) is 7.12. The first-order chi connectivity index (χ1) is 8.99. The molecule has 102 valence electrons. The molecule has 0 bridgehead atoms. The number of hydrogen-bond acceptors (Lipinski definition) is 4. The molecule has 0 amide bonds. The van der Waals surface area contributed by atoms with E-state index in [2.05, 4.69) is 61.6 Å². The molecule has 1 aromatic carbocycles. The molecule has 0 aliphatic heterocycles. The topological polar surface area (TPSA) is 38.1 Å². The fourth-order valence-corrected chi connectivity index (χ4v) is 2.13. The number of hydrogen-bond donors (Lipinski definition) is 1. The maximum atomic E-state index is 5.53. The van der Waals surface area contributed by atoms with Crippen molar-refractivity contribution in [3.8, 4) is 11.3 Å². The molecule has 4 heteroatoms. The standard InChI is InChI=1S/C15H20N2OS/c1-15(2,3)17-9-13-14(18-10-16-13)11-5-7-12(19-4)8-6-11/h5-8,10,17H,9H2,1-4H3. The van der Waals surface area contributed by atoms with Crippen LogP contribution in [0.25, 0.3) is 11.3 Å². The van der Waals surface area contributed by atoms with Gasteiger partial charge in [0.2, 0.25) is 0 Å². The molecule has 1 aromatic heterocycles. The summed E-state index contributed by atoms with van der Waals surface area (Å²) in [4.78, 5) is 5.55. The molecular formula is C15H20N2OS. The third-order valence-corrected chi connectivity index (χ3v) is 3.52. The first kappa shape index (κ1) is 14.2. The van der Waals surface area contributed by atoms with Gasteiger partial charge < -0.3 is 9.73 Å². The van der Waals surface area contributed by atoms with Gasteiger partial charge in [0.15, 0.2) is 12.2 Å². The fourth-order valence-electron chi connectivity index (χ4n) is 1.72. The molecule has 3 nitrogen and oxygen atoms in total. The van der Waals surface area contributed by atoms with Crippen LogP contribution in [0.3, 0.4) is 0 Å². The molecular weight excluding hydrogens is 256 g/mol. The Morgan fingerprint density at radius 2 is 1.89 bits per heavy atom. The van der Waals surface area contributed by atoms with Crippen molar-refractivity contribution in [1.29, 1.82) is 0 Å². The highest BCUT2D eigenvalue weighted by molar-refractivity contribution is 7.98. The van der Waals surface area contributed by atoms with Gasteiger partial charge in [0.25, 0.3) is 0 Å². The molecule has 0 spiro atoms. The van der Waals surface area contributed by atoms with Crippen molar-refractivity contribution in [2.24, 2.45) is 0 Å². The second kappa shape index (κ2) is 5.80. The van der Waals surface area contributed by atoms with E-state index in [1.165, 1.54) is 11.3 Å². The van der Waals surface area contributed by atoms with E-state index < -0.39 is 0 Å². The van der Waals surface area contributed by atoms with Crippen molar-refractivity contribution in [1.82, 2.24) is 10.3 Å². The minimum absolute atomic E-state index is 0.0684. The Balaban J connectivity index is 2.18. The van der Waals surface area contributed by atoms with E-state index in [0.717, 1.165) is 17.0 Å². The van der Waals surface area contributed by atoms with E-state index in [0.29, 0.717) is 6.54 Å². The average molecular weight is 276 g/mol. The number of benzene rings is 1. The summed E-state index contributed by atoms with van der Waals surface area (Å²) in [6.07, 6.45) is 3.58. The molecule has 1 heterocycles. The van der Waals surface area contributed by atoms with Crippen LogP contribution < -0.4 is 5.32 Å². The quantitative estimate of drug-likeness (QED) is 0.858. The number of rotatable bonds is 4. The predicted octanol–water partition coefficient (Wildman–Crippen LogP) is 3.95. The van der Waals surface area contributed by atoms with E-state index in [1.54, 1.807) is 11.8 Å². The summed E-state index contributed by atoms with van der Waals surface area (Å²) < 4.78 is 5.53. The van der Waals surface area contributed by atoms with Gasteiger partial charge in [-0.15, -0.1) is 11.8 Å². The zero-order valence-electron chi connectivity index (χ0n) is 11.9. The van der Waals surface area contributed by atoms with Gasteiger partial charge in [-0.3, -0.25) is 0 Å². The highest BCUT2D eigenvalue weighted by Crippen LogP contribution is 2.25. The lowest BCUT2D eigenvalue weighted by Crippen LogP contribution is -2.35. The molecule has 19 heavy (non-hydrogen) atoms. The lowest BCUT2D eigenvalue weighted by molar-refractivity contribution is 0.421. The Labute approximate surface area is 118 Å². The van der Waals surface area contributed by atoms with E-state index in [-0.39, 0.29) is 5.54 Å². The Hall–Kier alpha value is -1.26. The van der Waals surface area contributed by atoms with Crippen LogP contribution in [0.5, 0.6) is 0 Å². The Morgan fingerprint density at radius 3 is 2.47 bits per heavy atom. The first-order valence-electron chi connectivity index (χ1n) is 6.31.